The van der Waals surface area contributed by atoms with Crippen molar-refractivity contribution in [3.63, 3.8) is 0 Å². The van der Waals surface area contributed by atoms with E-state index in [0.717, 1.165) is 48.8 Å². The highest BCUT2D eigenvalue weighted by Crippen LogP contribution is 2.25. The van der Waals surface area contributed by atoms with Crippen LogP contribution in [0.1, 0.15) is 32.0 Å². The topological polar surface area (TPSA) is 76.5 Å². The SMILES string of the molecule is CCNC(=NCC1CCCC1O)N(C)Cc1ncc(-c2ccccc2)[nH]1.I. The van der Waals surface area contributed by atoms with Gasteiger partial charge in [-0.15, -0.1) is 24.0 Å². The molecule has 6 nitrogen and oxygen atoms in total. The molecule has 1 fully saturated rings. The van der Waals surface area contributed by atoms with Crippen LogP contribution in [0.3, 0.4) is 0 Å². The number of aromatic nitrogens is 2. The summed E-state index contributed by atoms with van der Waals surface area (Å²) >= 11 is 0. The molecule has 0 radical (unpaired) electrons. The van der Waals surface area contributed by atoms with Gasteiger partial charge in [-0.25, -0.2) is 4.98 Å². The molecule has 1 aromatic carbocycles. The lowest BCUT2D eigenvalue weighted by atomic mass is 10.1. The summed E-state index contributed by atoms with van der Waals surface area (Å²) in [4.78, 5) is 14.7. The number of nitrogens with one attached hydrogen (secondary N) is 2. The molecular formula is C20H30IN5O. The fourth-order valence-electron chi connectivity index (χ4n) is 3.41. The van der Waals surface area contributed by atoms with Gasteiger partial charge in [-0.1, -0.05) is 36.8 Å². The second-order valence-corrected chi connectivity index (χ2v) is 6.92. The largest absolute Gasteiger partial charge is 0.393 e. The van der Waals surface area contributed by atoms with Gasteiger partial charge in [0.25, 0.3) is 0 Å². The van der Waals surface area contributed by atoms with E-state index in [1.54, 1.807) is 0 Å². The number of hydrogen-bond donors (Lipinski definition) is 3. The van der Waals surface area contributed by atoms with Gasteiger partial charge < -0.3 is 20.3 Å². The molecule has 0 bridgehead atoms. The Bertz CT molecular complexity index is 718. The maximum Gasteiger partial charge on any atom is 0.194 e. The predicted octanol–water partition coefficient (Wildman–Crippen LogP) is 3.25. The summed E-state index contributed by atoms with van der Waals surface area (Å²) in [7, 11) is 2.01. The van der Waals surface area contributed by atoms with Gasteiger partial charge in [0.15, 0.2) is 5.96 Å². The number of benzene rings is 1. The molecule has 1 aliphatic rings. The minimum atomic E-state index is -0.203. The van der Waals surface area contributed by atoms with E-state index in [2.05, 4.69) is 39.2 Å². The Kier molecular flexibility index (Phi) is 8.56. The molecule has 2 atom stereocenters. The minimum Gasteiger partial charge on any atom is -0.393 e. The van der Waals surface area contributed by atoms with Crippen molar-refractivity contribution < 1.29 is 5.11 Å². The molecular weight excluding hydrogens is 453 g/mol. The van der Waals surface area contributed by atoms with Crippen LogP contribution in [0.4, 0.5) is 0 Å². The van der Waals surface area contributed by atoms with E-state index < -0.39 is 0 Å². The van der Waals surface area contributed by atoms with Gasteiger partial charge in [-0.2, -0.15) is 0 Å². The van der Waals surface area contributed by atoms with Crippen LogP contribution >= 0.6 is 24.0 Å². The van der Waals surface area contributed by atoms with Crippen LogP contribution in [-0.2, 0) is 6.54 Å². The third-order valence-corrected chi connectivity index (χ3v) is 4.89. The van der Waals surface area contributed by atoms with Crippen LogP contribution in [0, 0.1) is 5.92 Å². The van der Waals surface area contributed by atoms with E-state index in [1.165, 1.54) is 0 Å². The first-order chi connectivity index (χ1) is 12.7. The number of H-pyrrole nitrogens is 1. The van der Waals surface area contributed by atoms with E-state index in [0.29, 0.717) is 13.1 Å². The van der Waals surface area contributed by atoms with E-state index in [4.69, 9.17) is 4.99 Å². The molecule has 27 heavy (non-hydrogen) atoms. The third kappa shape index (κ3) is 5.93. The van der Waals surface area contributed by atoms with Crippen molar-refractivity contribution in [3.05, 3.63) is 42.4 Å². The van der Waals surface area contributed by atoms with Crippen LogP contribution < -0.4 is 5.32 Å². The van der Waals surface area contributed by atoms with Gasteiger partial charge >= 0.3 is 0 Å². The first kappa shape index (κ1) is 21.7. The Morgan fingerprint density at radius 3 is 2.78 bits per heavy atom. The maximum absolute atomic E-state index is 10.00. The molecule has 3 N–H and O–H groups in total. The maximum atomic E-state index is 10.00. The molecule has 148 valence electrons. The number of aromatic amines is 1. The van der Waals surface area contributed by atoms with Crippen molar-refractivity contribution in [2.24, 2.45) is 10.9 Å². The molecule has 1 aliphatic carbocycles. The van der Waals surface area contributed by atoms with E-state index in [-0.39, 0.29) is 36.0 Å². The first-order valence-corrected chi connectivity index (χ1v) is 9.44. The van der Waals surface area contributed by atoms with Crippen LogP contribution in [0.5, 0.6) is 0 Å². The van der Waals surface area contributed by atoms with Crippen LogP contribution in [0.25, 0.3) is 11.3 Å². The summed E-state index contributed by atoms with van der Waals surface area (Å²) in [5, 5.41) is 13.3. The summed E-state index contributed by atoms with van der Waals surface area (Å²) in [5.74, 6) is 2.03. The highest BCUT2D eigenvalue weighted by Gasteiger charge is 2.25. The van der Waals surface area contributed by atoms with Crippen molar-refractivity contribution in [2.45, 2.75) is 38.8 Å². The van der Waals surface area contributed by atoms with Gasteiger partial charge in [-0.05, 0) is 25.3 Å². The van der Waals surface area contributed by atoms with E-state index in [9.17, 15) is 5.11 Å². The summed E-state index contributed by atoms with van der Waals surface area (Å²) < 4.78 is 0. The molecule has 0 amide bonds. The fraction of sp³-hybridized carbons (Fsp3) is 0.500. The van der Waals surface area contributed by atoms with Crippen molar-refractivity contribution in [1.82, 2.24) is 20.2 Å². The molecule has 2 unspecified atom stereocenters. The molecule has 1 saturated carbocycles. The second kappa shape index (κ2) is 10.7. The van der Waals surface area contributed by atoms with Crippen LogP contribution in [-0.4, -0.2) is 52.2 Å². The monoisotopic (exact) mass is 483 g/mol. The summed E-state index contributed by atoms with van der Waals surface area (Å²) in [5.41, 5.74) is 2.15. The highest BCUT2D eigenvalue weighted by atomic mass is 127. The number of halogens is 1. The van der Waals surface area contributed by atoms with Crippen LogP contribution in [0.15, 0.2) is 41.5 Å². The van der Waals surface area contributed by atoms with Crippen molar-refractivity contribution >= 4 is 29.9 Å². The molecule has 0 aliphatic heterocycles. The lowest BCUT2D eigenvalue weighted by molar-refractivity contribution is 0.136. The number of rotatable bonds is 6. The quantitative estimate of drug-likeness (QED) is 0.335. The lowest BCUT2D eigenvalue weighted by Gasteiger charge is -2.22. The smallest absolute Gasteiger partial charge is 0.194 e. The van der Waals surface area contributed by atoms with Crippen molar-refractivity contribution in [2.75, 3.05) is 20.1 Å². The van der Waals surface area contributed by atoms with Gasteiger partial charge in [0.2, 0.25) is 0 Å². The average Bonchev–Trinajstić information content (AvgIpc) is 3.28. The Hall–Kier alpha value is -1.61. The summed E-state index contributed by atoms with van der Waals surface area (Å²) in [6, 6.07) is 10.2. The summed E-state index contributed by atoms with van der Waals surface area (Å²) in [6.45, 7) is 4.19. The second-order valence-electron chi connectivity index (χ2n) is 6.92. The van der Waals surface area contributed by atoms with Gasteiger partial charge in [0.05, 0.1) is 24.5 Å². The molecule has 1 aromatic heterocycles. The molecule has 0 saturated heterocycles. The Morgan fingerprint density at radius 2 is 2.11 bits per heavy atom. The number of aliphatic hydroxyl groups is 1. The Balaban J connectivity index is 0.00000261. The summed E-state index contributed by atoms with van der Waals surface area (Å²) in [6.07, 6.45) is 4.73. The number of aliphatic imine (C=N–C) groups is 1. The fourth-order valence-corrected chi connectivity index (χ4v) is 3.41. The number of nitrogens with zero attached hydrogens (tertiary/aromatic N) is 3. The van der Waals surface area contributed by atoms with Gasteiger partial charge in [0.1, 0.15) is 5.82 Å². The zero-order valence-electron chi connectivity index (χ0n) is 16.1. The standard InChI is InChI=1S/C20H29N5O.HI/c1-3-21-20(23-12-16-10-7-11-18(16)26)25(2)14-19-22-13-17(24-19)15-8-5-4-6-9-15;/h4-6,8-9,13,16,18,26H,3,7,10-12,14H2,1-2H3,(H,21,23)(H,22,24);1H. The first-order valence-electron chi connectivity index (χ1n) is 9.44. The zero-order chi connectivity index (χ0) is 18.4. The molecule has 3 rings (SSSR count). The minimum absolute atomic E-state index is 0. The number of aliphatic hydroxyl groups excluding tert-OH is 1. The number of imidazole rings is 1. The number of hydrogen-bond acceptors (Lipinski definition) is 3. The predicted molar refractivity (Wildman–Crippen MR) is 120 cm³/mol. The molecule has 0 spiro atoms. The van der Waals surface area contributed by atoms with E-state index >= 15 is 0 Å². The Labute approximate surface area is 178 Å². The van der Waals surface area contributed by atoms with E-state index in [1.807, 2.05) is 31.4 Å². The average molecular weight is 483 g/mol. The van der Waals surface area contributed by atoms with Crippen molar-refractivity contribution in [3.8, 4) is 11.3 Å². The van der Waals surface area contributed by atoms with Crippen molar-refractivity contribution in [1.29, 1.82) is 0 Å². The Morgan fingerprint density at radius 1 is 1.33 bits per heavy atom. The zero-order valence-corrected chi connectivity index (χ0v) is 18.4. The number of guanidine groups is 1. The van der Waals surface area contributed by atoms with Gasteiger partial charge in [0, 0.05) is 26.1 Å². The van der Waals surface area contributed by atoms with Gasteiger partial charge in [-0.3, -0.25) is 4.99 Å². The van der Waals surface area contributed by atoms with Crippen LogP contribution in [0.2, 0.25) is 0 Å². The molecule has 2 aromatic rings. The normalized spacial score (nSPS) is 19.6. The third-order valence-electron chi connectivity index (χ3n) is 4.89. The molecule has 1 heterocycles. The highest BCUT2D eigenvalue weighted by molar-refractivity contribution is 14.0. The lowest BCUT2D eigenvalue weighted by Crippen LogP contribution is -2.39. The molecule has 7 heteroatoms.